The molecule has 44 heavy (non-hydrogen) atoms. The number of aromatic amines is 1. The van der Waals surface area contributed by atoms with Crippen molar-refractivity contribution in [2.75, 3.05) is 9.80 Å². The van der Waals surface area contributed by atoms with Gasteiger partial charge in [0.2, 0.25) is 17.7 Å². The van der Waals surface area contributed by atoms with Crippen LogP contribution in [-0.2, 0) is 14.4 Å². The number of pyridine rings is 1. The van der Waals surface area contributed by atoms with E-state index < -0.39 is 48.7 Å². The van der Waals surface area contributed by atoms with Gasteiger partial charge in [0, 0.05) is 77.3 Å². The Hall–Kier alpha value is -4.82. The number of aromatic nitrogens is 2. The van der Waals surface area contributed by atoms with E-state index in [-0.39, 0.29) is 29.6 Å². The van der Waals surface area contributed by atoms with Crippen LogP contribution < -0.4 is 15.1 Å². The van der Waals surface area contributed by atoms with Crippen molar-refractivity contribution in [2.24, 2.45) is 0 Å². The van der Waals surface area contributed by atoms with Crippen LogP contribution in [0.15, 0.2) is 73.1 Å². The number of hydrogen-bond acceptors (Lipinski definition) is 5. The average molecular weight is 617 g/mol. The predicted octanol–water partition coefficient (Wildman–Crippen LogP) is 5.66. The van der Waals surface area contributed by atoms with Crippen molar-refractivity contribution in [2.45, 2.75) is 56.2 Å². The summed E-state index contributed by atoms with van der Waals surface area (Å²) < 4.78 is 27.4. The van der Waals surface area contributed by atoms with E-state index in [1.54, 1.807) is 48.7 Å². The highest BCUT2D eigenvalue weighted by Crippen LogP contribution is 2.40. The molecule has 2 aromatic carbocycles. The summed E-state index contributed by atoms with van der Waals surface area (Å²) >= 11 is 6.60. The lowest BCUT2D eigenvalue weighted by molar-refractivity contribution is -0.133. The number of nitriles is 1. The van der Waals surface area contributed by atoms with Crippen LogP contribution in [0.25, 0.3) is 10.9 Å². The van der Waals surface area contributed by atoms with Crippen molar-refractivity contribution in [1.29, 1.82) is 5.26 Å². The molecule has 2 aromatic heterocycles. The average Bonchev–Trinajstić information content (AvgIpc) is 3.61. The van der Waals surface area contributed by atoms with Crippen molar-refractivity contribution in [3.63, 3.8) is 0 Å². The zero-order chi connectivity index (χ0) is 31.0. The van der Waals surface area contributed by atoms with Gasteiger partial charge in [0.15, 0.2) is 0 Å². The van der Waals surface area contributed by atoms with Crippen LogP contribution in [0.2, 0.25) is 5.02 Å². The number of carbonyl (C=O) groups is 3. The van der Waals surface area contributed by atoms with E-state index in [0.717, 1.165) is 10.9 Å². The third kappa shape index (κ3) is 5.73. The molecule has 6 rings (SSSR count). The predicted molar refractivity (Wildman–Crippen MR) is 160 cm³/mol. The molecule has 4 aromatic rings. The molecule has 3 heterocycles. The molecule has 0 unspecified atom stereocenters. The highest BCUT2D eigenvalue weighted by Gasteiger charge is 2.47. The Balaban J connectivity index is 1.40. The minimum Gasteiger partial charge on any atom is -0.361 e. The Bertz CT molecular complexity index is 1800. The van der Waals surface area contributed by atoms with Crippen molar-refractivity contribution in [3.05, 3.63) is 89.2 Å². The van der Waals surface area contributed by atoms with Gasteiger partial charge in [-0.05, 0) is 48.9 Å². The van der Waals surface area contributed by atoms with Crippen LogP contribution in [0.3, 0.4) is 0 Å². The molecule has 1 saturated carbocycles. The molecule has 3 amide bonds. The number of amides is 3. The first-order chi connectivity index (χ1) is 21.1. The maximum absolute atomic E-state index is 14.4. The maximum Gasteiger partial charge on any atom is 0.252 e. The minimum absolute atomic E-state index is 0.175. The lowest BCUT2D eigenvalue weighted by Crippen LogP contribution is -2.54. The summed E-state index contributed by atoms with van der Waals surface area (Å²) in [7, 11) is 0. The van der Waals surface area contributed by atoms with Gasteiger partial charge in [-0.1, -0.05) is 29.8 Å². The van der Waals surface area contributed by atoms with Gasteiger partial charge in [0.1, 0.15) is 11.9 Å². The van der Waals surface area contributed by atoms with Crippen LogP contribution in [0, 0.1) is 11.3 Å². The Kier molecular flexibility index (Phi) is 7.78. The van der Waals surface area contributed by atoms with Gasteiger partial charge in [-0.15, -0.1) is 0 Å². The number of nitrogens with zero attached hydrogens (tertiary/aromatic N) is 4. The molecule has 9 nitrogen and oxygen atoms in total. The van der Waals surface area contributed by atoms with Crippen molar-refractivity contribution in [1.82, 2.24) is 15.3 Å². The number of anilines is 2. The first-order valence-corrected chi connectivity index (χ1v) is 14.5. The topological polar surface area (TPSA) is 122 Å². The Morgan fingerprint density at radius 1 is 1.18 bits per heavy atom. The molecule has 1 saturated heterocycles. The number of nitrogens with one attached hydrogen (secondary N) is 2. The molecule has 1 aliphatic heterocycles. The highest BCUT2D eigenvalue weighted by atomic mass is 35.5. The Labute approximate surface area is 256 Å². The molecule has 0 bridgehead atoms. The number of rotatable bonds is 8. The van der Waals surface area contributed by atoms with Crippen molar-refractivity contribution < 1.29 is 23.2 Å². The standard InChI is InChI=1S/C32H27ClF2N6O3/c33-25-4-2-1-3-24(25)30(31(44)39-21-16-32(34,35)17-21)41(22-5-7-26-20(14-22)10-12-37-26)29(43)15-23-6-8-28(42)40(23)27-13-19(18-36)9-11-38-27/h1-5,7,9-14,21,23,30,37H,6,8,15-17H2,(H,39,44)/t23-,30-/m0/s1. The number of carbonyl (C=O) groups excluding carboxylic acids is 3. The molecule has 0 radical (unpaired) electrons. The first kappa shape index (κ1) is 29.3. The molecule has 224 valence electrons. The number of alkyl halides is 2. The van der Waals surface area contributed by atoms with E-state index in [1.807, 2.05) is 12.1 Å². The summed E-state index contributed by atoms with van der Waals surface area (Å²) in [5.74, 6) is -3.97. The molecule has 2 N–H and O–H groups in total. The lowest BCUT2D eigenvalue weighted by Gasteiger charge is -2.38. The van der Waals surface area contributed by atoms with Crippen LogP contribution >= 0.6 is 11.6 Å². The van der Waals surface area contributed by atoms with E-state index >= 15 is 0 Å². The number of fused-ring (bicyclic) bond motifs is 1. The fourth-order valence-corrected chi connectivity index (χ4v) is 6.18. The maximum atomic E-state index is 14.4. The second kappa shape index (κ2) is 11.7. The van der Waals surface area contributed by atoms with Crippen molar-refractivity contribution >= 4 is 51.7 Å². The molecule has 2 fully saturated rings. The molecule has 12 heteroatoms. The Morgan fingerprint density at radius 3 is 2.73 bits per heavy atom. The monoisotopic (exact) mass is 616 g/mol. The number of H-pyrrole nitrogens is 1. The van der Waals surface area contributed by atoms with Gasteiger partial charge in [0.25, 0.3) is 5.92 Å². The highest BCUT2D eigenvalue weighted by molar-refractivity contribution is 6.31. The normalized spacial score (nSPS) is 18.5. The summed E-state index contributed by atoms with van der Waals surface area (Å²) in [6, 6.07) is 16.0. The molecular weight excluding hydrogens is 590 g/mol. The van der Waals surface area contributed by atoms with E-state index in [9.17, 15) is 28.4 Å². The van der Waals surface area contributed by atoms with E-state index in [0.29, 0.717) is 23.2 Å². The zero-order valence-corrected chi connectivity index (χ0v) is 24.1. The van der Waals surface area contributed by atoms with Crippen LogP contribution in [0.1, 0.15) is 49.3 Å². The van der Waals surface area contributed by atoms with Gasteiger partial charge >= 0.3 is 0 Å². The van der Waals surface area contributed by atoms with Crippen LogP contribution in [0.5, 0.6) is 0 Å². The number of hydrogen-bond donors (Lipinski definition) is 2. The minimum atomic E-state index is -2.86. The molecule has 2 atom stereocenters. The molecular formula is C32H27ClF2N6O3. The van der Waals surface area contributed by atoms with E-state index in [4.69, 9.17) is 11.6 Å². The summed E-state index contributed by atoms with van der Waals surface area (Å²) in [5, 5.41) is 13.1. The lowest BCUT2D eigenvalue weighted by atomic mass is 9.87. The smallest absolute Gasteiger partial charge is 0.252 e. The number of benzene rings is 2. The SMILES string of the molecule is N#Cc1ccnc(N2C(=O)CC[C@H]2CC(=O)N(c2ccc3[nH]ccc3c2)[C@H](C(=O)NC2CC(F)(F)C2)c2ccccc2Cl)c1. The third-order valence-corrected chi connectivity index (χ3v) is 8.43. The summed E-state index contributed by atoms with van der Waals surface area (Å²) in [4.78, 5) is 51.5. The van der Waals surface area contributed by atoms with Gasteiger partial charge in [-0.25, -0.2) is 13.8 Å². The molecule has 2 aliphatic rings. The van der Waals surface area contributed by atoms with Gasteiger partial charge in [0.05, 0.1) is 11.6 Å². The second-order valence-corrected chi connectivity index (χ2v) is 11.5. The summed E-state index contributed by atoms with van der Waals surface area (Å²) in [6.07, 6.45) is 2.55. The van der Waals surface area contributed by atoms with Crippen LogP contribution in [0.4, 0.5) is 20.3 Å². The molecule has 0 spiro atoms. The summed E-state index contributed by atoms with van der Waals surface area (Å²) in [6.45, 7) is 0. The van der Waals surface area contributed by atoms with E-state index in [2.05, 4.69) is 15.3 Å². The quantitative estimate of drug-likeness (QED) is 0.264. The summed E-state index contributed by atoms with van der Waals surface area (Å²) in [5.41, 5.74) is 1.84. The zero-order valence-electron chi connectivity index (χ0n) is 23.3. The van der Waals surface area contributed by atoms with Gasteiger partial charge in [-0.2, -0.15) is 5.26 Å². The molecule has 1 aliphatic carbocycles. The largest absolute Gasteiger partial charge is 0.361 e. The second-order valence-electron chi connectivity index (χ2n) is 11.1. The fourth-order valence-electron chi connectivity index (χ4n) is 5.94. The number of halogens is 3. The van der Waals surface area contributed by atoms with Gasteiger partial charge < -0.3 is 10.3 Å². The van der Waals surface area contributed by atoms with Crippen molar-refractivity contribution in [3.8, 4) is 6.07 Å². The van der Waals surface area contributed by atoms with Crippen LogP contribution in [-0.4, -0.2) is 45.7 Å². The van der Waals surface area contributed by atoms with Gasteiger partial charge in [-0.3, -0.25) is 24.2 Å². The fraction of sp³-hybridized carbons (Fsp3) is 0.281. The van der Waals surface area contributed by atoms with E-state index in [1.165, 1.54) is 28.1 Å². The first-order valence-electron chi connectivity index (χ1n) is 14.1. The third-order valence-electron chi connectivity index (χ3n) is 8.08. The Morgan fingerprint density at radius 2 is 1.98 bits per heavy atom.